The number of aryl methyl sites for hydroxylation is 1. The topological polar surface area (TPSA) is 107 Å². The molecular formula is C19H24BN3O4S. The fourth-order valence-corrected chi connectivity index (χ4v) is 3.59. The Hall–Kier alpha value is -2.39. The number of rotatable bonds is 7. The van der Waals surface area contributed by atoms with E-state index in [4.69, 9.17) is 15.2 Å². The monoisotopic (exact) mass is 401 g/mol. The number of nitrogens with two attached hydrogens (primary N) is 1. The minimum atomic E-state index is -1.06. The minimum absolute atomic E-state index is 0.0653. The summed E-state index contributed by atoms with van der Waals surface area (Å²) in [5.41, 5.74) is 8.16. The van der Waals surface area contributed by atoms with Gasteiger partial charge in [-0.3, -0.25) is 4.79 Å². The standard InChI is InChI=1S/C19H24BN3O4S/c1-11(2)9-26-23-17(15-10-28-19(21)22-15)16(24)8-14-7-13-6-4-5-12(3)18(13)27-20(14)25/h4-6,10-11,14,25H,7-9H2,1-3H3,(H2,21,22)/b23-17-/t14-/m1/s1. The first-order valence-electron chi connectivity index (χ1n) is 9.23. The smallest absolute Gasteiger partial charge is 0.526 e. The number of para-hydroxylation sites is 1. The molecule has 1 atom stereocenters. The quantitative estimate of drug-likeness (QED) is 0.420. The van der Waals surface area contributed by atoms with Crippen molar-refractivity contribution in [1.29, 1.82) is 0 Å². The Bertz CT molecular complexity index is 884. The lowest BCUT2D eigenvalue weighted by atomic mass is 9.64. The van der Waals surface area contributed by atoms with E-state index in [-0.39, 0.29) is 29.7 Å². The van der Waals surface area contributed by atoms with Crippen molar-refractivity contribution in [2.45, 2.75) is 39.4 Å². The number of benzene rings is 1. The number of aromatic nitrogens is 1. The number of nitrogens with zero attached hydrogens (tertiary/aromatic N) is 2. The van der Waals surface area contributed by atoms with Crippen molar-refractivity contribution in [2.75, 3.05) is 12.3 Å². The highest BCUT2D eigenvalue weighted by Crippen LogP contribution is 2.36. The van der Waals surface area contributed by atoms with Crippen LogP contribution in [0.25, 0.3) is 0 Å². The van der Waals surface area contributed by atoms with Gasteiger partial charge in [0.15, 0.2) is 16.6 Å². The van der Waals surface area contributed by atoms with Crippen molar-refractivity contribution < 1.29 is 19.3 Å². The normalized spacial score (nSPS) is 16.7. The van der Waals surface area contributed by atoms with Crippen molar-refractivity contribution in [1.82, 2.24) is 4.98 Å². The molecule has 0 aliphatic carbocycles. The summed E-state index contributed by atoms with van der Waals surface area (Å²) >= 11 is 1.23. The van der Waals surface area contributed by atoms with Crippen LogP contribution >= 0.6 is 11.3 Å². The average Bonchev–Trinajstić information content (AvgIpc) is 3.06. The molecule has 0 saturated carbocycles. The van der Waals surface area contributed by atoms with Gasteiger partial charge < -0.3 is 20.2 Å². The molecule has 0 saturated heterocycles. The van der Waals surface area contributed by atoms with Gasteiger partial charge in [-0.25, -0.2) is 4.98 Å². The molecule has 0 amide bonds. The Kier molecular flexibility index (Phi) is 6.36. The maximum Gasteiger partial charge on any atom is 0.526 e. The predicted octanol–water partition coefficient (Wildman–Crippen LogP) is 2.86. The lowest BCUT2D eigenvalue weighted by Crippen LogP contribution is -2.36. The number of anilines is 1. The van der Waals surface area contributed by atoms with E-state index in [2.05, 4.69) is 10.1 Å². The largest absolute Gasteiger partial charge is 0.536 e. The molecule has 0 radical (unpaired) electrons. The molecule has 1 aliphatic heterocycles. The Balaban J connectivity index is 1.78. The summed E-state index contributed by atoms with van der Waals surface area (Å²) < 4.78 is 5.68. The molecule has 3 N–H and O–H groups in total. The molecule has 0 spiro atoms. The Labute approximate surface area is 168 Å². The summed E-state index contributed by atoms with van der Waals surface area (Å²) in [6.07, 6.45) is 0.610. The van der Waals surface area contributed by atoms with E-state index in [0.29, 0.717) is 29.6 Å². The van der Waals surface area contributed by atoms with Gasteiger partial charge in [0.05, 0.1) is 0 Å². The number of hydrogen-bond acceptors (Lipinski definition) is 8. The van der Waals surface area contributed by atoms with E-state index in [0.717, 1.165) is 11.1 Å². The molecule has 2 heterocycles. The first-order chi connectivity index (χ1) is 13.3. The highest BCUT2D eigenvalue weighted by Gasteiger charge is 2.37. The second-order valence-corrected chi connectivity index (χ2v) is 8.25. The zero-order valence-corrected chi connectivity index (χ0v) is 17.0. The molecule has 0 bridgehead atoms. The van der Waals surface area contributed by atoms with Gasteiger partial charge in [0.1, 0.15) is 18.1 Å². The molecule has 0 unspecified atom stereocenters. The second-order valence-electron chi connectivity index (χ2n) is 7.36. The fraction of sp³-hybridized carbons (Fsp3) is 0.421. The highest BCUT2D eigenvalue weighted by molar-refractivity contribution is 7.13. The van der Waals surface area contributed by atoms with Gasteiger partial charge in [-0.05, 0) is 30.4 Å². The van der Waals surface area contributed by atoms with Crippen LogP contribution in [-0.4, -0.2) is 35.2 Å². The molecule has 148 valence electrons. The van der Waals surface area contributed by atoms with Gasteiger partial charge in [-0.2, -0.15) is 0 Å². The zero-order chi connectivity index (χ0) is 20.3. The molecule has 9 heteroatoms. The van der Waals surface area contributed by atoms with Crippen LogP contribution in [0.4, 0.5) is 5.13 Å². The number of ketones is 1. The number of carbonyl (C=O) groups is 1. The number of Topliss-reactive ketones (excluding diaryl/α,β-unsaturated/α-hetero) is 1. The van der Waals surface area contributed by atoms with Crippen LogP contribution in [0.15, 0.2) is 28.7 Å². The van der Waals surface area contributed by atoms with E-state index in [1.807, 2.05) is 39.0 Å². The van der Waals surface area contributed by atoms with E-state index >= 15 is 0 Å². The summed E-state index contributed by atoms with van der Waals surface area (Å²) in [5.74, 6) is 0.319. The van der Waals surface area contributed by atoms with Crippen LogP contribution in [0, 0.1) is 12.8 Å². The molecule has 2 aromatic rings. The van der Waals surface area contributed by atoms with E-state index in [9.17, 15) is 9.82 Å². The van der Waals surface area contributed by atoms with Gasteiger partial charge >= 0.3 is 7.12 Å². The molecule has 0 fully saturated rings. The molecule has 1 aliphatic rings. The first kappa shape index (κ1) is 20.4. The first-order valence-corrected chi connectivity index (χ1v) is 10.1. The summed E-state index contributed by atoms with van der Waals surface area (Å²) in [4.78, 5) is 22.5. The van der Waals surface area contributed by atoms with Crippen LogP contribution in [0.2, 0.25) is 5.82 Å². The van der Waals surface area contributed by atoms with E-state index in [1.54, 1.807) is 5.38 Å². The SMILES string of the molecule is Cc1cccc2c1OB(O)[C@@H](CC(=O)/C(=N\OCC(C)C)c1csc(N)n1)C2. The van der Waals surface area contributed by atoms with Gasteiger partial charge in [0, 0.05) is 17.6 Å². The Morgan fingerprint density at radius 1 is 1.54 bits per heavy atom. The third-order valence-corrected chi connectivity index (χ3v) is 5.13. The van der Waals surface area contributed by atoms with Gasteiger partial charge in [-0.15, -0.1) is 11.3 Å². The number of thiazole rings is 1. The summed E-state index contributed by atoms with van der Waals surface area (Å²) in [6.45, 7) is 6.30. The number of fused-ring (bicyclic) bond motifs is 1. The van der Waals surface area contributed by atoms with E-state index < -0.39 is 7.12 Å². The number of hydrogen-bond donors (Lipinski definition) is 2. The summed E-state index contributed by atoms with van der Waals surface area (Å²) in [5, 5.41) is 16.5. The van der Waals surface area contributed by atoms with Crippen molar-refractivity contribution in [3.63, 3.8) is 0 Å². The number of oxime groups is 1. The highest BCUT2D eigenvalue weighted by atomic mass is 32.1. The molecular weight excluding hydrogens is 377 g/mol. The van der Waals surface area contributed by atoms with Gasteiger partial charge in [-0.1, -0.05) is 37.2 Å². The maximum atomic E-state index is 13.0. The molecule has 1 aromatic heterocycles. The van der Waals surface area contributed by atoms with Crippen molar-refractivity contribution in [3.05, 3.63) is 40.4 Å². The Morgan fingerprint density at radius 2 is 2.32 bits per heavy atom. The molecule has 3 rings (SSSR count). The fourth-order valence-electron chi connectivity index (χ4n) is 3.04. The zero-order valence-electron chi connectivity index (χ0n) is 16.2. The van der Waals surface area contributed by atoms with E-state index in [1.165, 1.54) is 11.3 Å². The van der Waals surface area contributed by atoms with Crippen molar-refractivity contribution >= 4 is 35.1 Å². The third-order valence-electron chi connectivity index (χ3n) is 4.46. The average molecular weight is 401 g/mol. The second kappa shape index (κ2) is 8.75. The minimum Gasteiger partial charge on any atom is -0.536 e. The van der Waals surface area contributed by atoms with Crippen LogP contribution in [0.5, 0.6) is 5.75 Å². The molecule has 28 heavy (non-hydrogen) atoms. The lowest BCUT2D eigenvalue weighted by molar-refractivity contribution is -0.113. The lowest BCUT2D eigenvalue weighted by Gasteiger charge is -2.28. The van der Waals surface area contributed by atoms with Crippen LogP contribution in [0.1, 0.15) is 37.1 Å². The Morgan fingerprint density at radius 3 is 3.00 bits per heavy atom. The summed E-state index contributed by atoms with van der Waals surface area (Å²) in [7, 11) is -1.06. The van der Waals surface area contributed by atoms with Crippen LogP contribution in [-0.2, 0) is 16.1 Å². The number of carbonyl (C=O) groups excluding carboxylic acids is 1. The maximum absolute atomic E-state index is 13.0. The van der Waals surface area contributed by atoms with Crippen molar-refractivity contribution in [3.8, 4) is 5.75 Å². The third kappa shape index (κ3) is 4.71. The molecule has 7 nitrogen and oxygen atoms in total. The summed E-state index contributed by atoms with van der Waals surface area (Å²) in [6, 6.07) is 5.83. The molecule has 1 aromatic carbocycles. The predicted molar refractivity (Wildman–Crippen MR) is 111 cm³/mol. The van der Waals surface area contributed by atoms with Gasteiger partial charge in [0.2, 0.25) is 0 Å². The number of nitrogen functional groups attached to an aromatic ring is 1. The van der Waals surface area contributed by atoms with Gasteiger partial charge in [0.25, 0.3) is 0 Å². The van der Waals surface area contributed by atoms with Crippen LogP contribution < -0.4 is 10.4 Å². The van der Waals surface area contributed by atoms with Crippen molar-refractivity contribution in [2.24, 2.45) is 11.1 Å². The van der Waals surface area contributed by atoms with Crippen LogP contribution in [0.3, 0.4) is 0 Å².